The number of carbonyl (C=O) groups excluding carboxylic acids is 1. The lowest BCUT2D eigenvalue weighted by molar-refractivity contribution is -0.143. The van der Waals surface area contributed by atoms with E-state index in [9.17, 15) is 19.5 Å². The number of rotatable bonds is 4. The molecule has 7 nitrogen and oxygen atoms in total. The van der Waals surface area contributed by atoms with Crippen molar-refractivity contribution in [3.8, 4) is 0 Å². The molecule has 2 atom stereocenters. The lowest BCUT2D eigenvalue weighted by atomic mass is 9.90. The highest BCUT2D eigenvalue weighted by Gasteiger charge is 2.32. The van der Waals surface area contributed by atoms with Crippen molar-refractivity contribution in [2.45, 2.75) is 19.9 Å². The number of carbonyl (C=O) groups is 2. The maximum absolute atomic E-state index is 12.8. The number of aromatic nitrogens is 2. The summed E-state index contributed by atoms with van der Waals surface area (Å²) in [6.45, 7) is 2.86. The highest BCUT2D eigenvalue weighted by Crippen LogP contribution is 2.22. The Morgan fingerprint density at radius 2 is 1.88 bits per heavy atom. The topological polar surface area (TPSA) is 92.5 Å². The summed E-state index contributed by atoms with van der Waals surface area (Å²) in [5, 5.41) is 13.5. The van der Waals surface area contributed by atoms with Crippen molar-refractivity contribution in [3.05, 3.63) is 64.1 Å². The van der Waals surface area contributed by atoms with Crippen molar-refractivity contribution in [2.24, 2.45) is 11.8 Å². The summed E-state index contributed by atoms with van der Waals surface area (Å²) in [4.78, 5) is 37.7. The molecule has 26 heavy (non-hydrogen) atoms. The highest BCUT2D eigenvalue weighted by atomic mass is 16.4. The summed E-state index contributed by atoms with van der Waals surface area (Å²) in [6.07, 6.45) is 0.556. The second-order valence-corrected chi connectivity index (χ2v) is 6.79. The van der Waals surface area contributed by atoms with E-state index in [2.05, 4.69) is 5.10 Å². The normalized spacial score (nSPS) is 20.0. The molecule has 0 spiro atoms. The monoisotopic (exact) mass is 355 g/mol. The van der Waals surface area contributed by atoms with Crippen molar-refractivity contribution >= 4 is 11.9 Å². The van der Waals surface area contributed by atoms with E-state index in [4.69, 9.17) is 0 Å². The zero-order chi connectivity index (χ0) is 18.7. The minimum absolute atomic E-state index is 0.101. The maximum atomic E-state index is 12.8. The van der Waals surface area contributed by atoms with E-state index in [0.717, 1.165) is 5.56 Å². The van der Waals surface area contributed by atoms with Crippen molar-refractivity contribution in [3.63, 3.8) is 0 Å². The number of benzene rings is 1. The molecule has 1 amide bonds. The Morgan fingerprint density at radius 3 is 2.58 bits per heavy atom. The summed E-state index contributed by atoms with van der Waals surface area (Å²) in [6, 6.07) is 12.1. The summed E-state index contributed by atoms with van der Waals surface area (Å²) < 4.78 is 1.25. The van der Waals surface area contributed by atoms with Crippen LogP contribution in [0.2, 0.25) is 0 Å². The lowest BCUT2D eigenvalue weighted by Gasteiger charge is -2.34. The van der Waals surface area contributed by atoms with Gasteiger partial charge in [0.05, 0.1) is 12.5 Å². The zero-order valence-corrected chi connectivity index (χ0v) is 14.5. The van der Waals surface area contributed by atoms with Crippen molar-refractivity contribution < 1.29 is 14.7 Å². The molecule has 136 valence electrons. The molecule has 2 aromatic rings. The van der Waals surface area contributed by atoms with Crippen LogP contribution in [0.1, 0.15) is 29.4 Å². The molecule has 1 fully saturated rings. The van der Waals surface area contributed by atoms with Gasteiger partial charge in [-0.1, -0.05) is 37.3 Å². The maximum Gasteiger partial charge on any atom is 0.308 e. The predicted molar refractivity (Wildman–Crippen MR) is 94.9 cm³/mol. The van der Waals surface area contributed by atoms with Gasteiger partial charge in [0.25, 0.3) is 11.5 Å². The molecule has 0 aliphatic carbocycles. The number of hydrogen-bond acceptors (Lipinski definition) is 4. The Kier molecular flexibility index (Phi) is 5.16. The predicted octanol–water partition coefficient (Wildman–Crippen LogP) is 1.47. The van der Waals surface area contributed by atoms with Crippen molar-refractivity contribution in [2.75, 3.05) is 13.1 Å². The van der Waals surface area contributed by atoms with Gasteiger partial charge in [0.2, 0.25) is 0 Å². The SMILES string of the molecule is CC1CC(C(=O)O)CN(C(=O)c2ccc(=O)n(Cc3ccccc3)n2)C1. The molecule has 1 N–H and O–H groups in total. The molecule has 1 aromatic heterocycles. The second kappa shape index (κ2) is 7.51. The van der Waals surface area contributed by atoms with Gasteiger partial charge in [0.1, 0.15) is 5.69 Å². The van der Waals surface area contributed by atoms with Gasteiger partial charge >= 0.3 is 5.97 Å². The molecule has 1 saturated heterocycles. The van der Waals surface area contributed by atoms with Gasteiger partial charge in [-0.2, -0.15) is 5.10 Å². The molecule has 1 aliphatic rings. The van der Waals surface area contributed by atoms with E-state index in [1.165, 1.54) is 21.7 Å². The molecule has 3 rings (SSSR count). The summed E-state index contributed by atoms with van der Waals surface area (Å²) in [5.41, 5.74) is 0.767. The van der Waals surface area contributed by atoms with Gasteiger partial charge in [-0.3, -0.25) is 14.4 Å². The number of nitrogens with zero attached hydrogens (tertiary/aromatic N) is 3. The van der Waals surface area contributed by atoms with Crippen LogP contribution in [0, 0.1) is 11.8 Å². The van der Waals surface area contributed by atoms with Crippen LogP contribution < -0.4 is 5.56 Å². The smallest absolute Gasteiger partial charge is 0.308 e. The second-order valence-electron chi connectivity index (χ2n) is 6.79. The van der Waals surface area contributed by atoms with E-state index in [-0.39, 0.29) is 36.2 Å². The first-order valence-corrected chi connectivity index (χ1v) is 8.58. The van der Waals surface area contributed by atoms with Crippen LogP contribution in [0.25, 0.3) is 0 Å². The first-order valence-electron chi connectivity index (χ1n) is 8.58. The largest absolute Gasteiger partial charge is 0.481 e. The Hall–Kier alpha value is -2.96. The van der Waals surface area contributed by atoms with Gasteiger partial charge in [0.15, 0.2) is 0 Å². The molecular weight excluding hydrogens is 334 g/mol. The average Bonchev–Trinajstić information content (AvgIpc) is 2.63. The lowest BCUT2D eigenvalue weighted by Crippen LogP contribution is -2.46. The molecule has 0 saturated carbocycles. The third-order valence-corrected chi connectivity index (χ3v) is 4.56. The average molecular weight is 355 g/mol. The number of hydrogen-bond donors (Lipinski definition) is 1. The van der Waals surface area contributed by atoms with E-state index in [0.29, 0.717) is 13.0 Å². The highest BCUT2D eigenvalue weighted by molar-refractivity contribution is 5.92. The fourth-order valence-electron chi connectivity index (χ4n) is 3.29. The van der Waals surface area contributed by atoms with Crippen LogP contribution in [0.5, 0.6) is 0 Å². The molecule has 2 unspecified atom stereocenters. The number of carboxylic acid groups (broad SMARTS) is 1. The third kappa shape index (κ3) is 3.99. The summed E-state index contributed by atoms with van der Waals surface area (Å²) in [5.74, 6) is -1.71. The van der Waals surface area contributed by atoms with Gasteiger partial charge in [-0.05, 0) is 24.0 Å². The van der Waals surface area contributed by atoms with E-state index < -0.39 is 11.9 Å². The Morgan fingerprint density at radius 1 is 1.15 bits per heavy atom. The van der Waals surface area contributed by atoms with Gasteiger partial charge in [-0.15, -0.1) is 0 Å². The van der Waals surface area contributed by atoms with Gasteiger partial charge < -0.3 is 10.0 Å². The van der Waals surface area contributed by atoms with Crippen LogP contribution in [-0.4, -0.2) is 44.8 Å². The van der Waals surface area contributed by atoms with Crippen LogP contribution in [0.3, 0.4) is 0 Å². The van der Waals surface area contributed by atoms with E-state index >= 15 is 0 Å². The summed E-state index contributed by atoms with van der Waals surface area (Å²) >= 11 is 0. The fourth-order valence-corrected chi connectivity index (χ4v) is 3.29. The molecule has 0 bridgehead atoms. The van der Waals surface area contributed by atoms with Crippen molar-refractivity contribution in [1.29, 1.82) is 0 Å². The molecule has 1 aromatic carbocycles. The number of piperidine rings is 1. The van der Waals surface area contributed by atoms with E-state index in [1.54, 1.807) is 0 Å². The Labute approximate surface area is 150 Å². The minimum atomic E-state index is -0.892. The van der Waals surface area contributed by atoms with Gasteiger partial charge in [0, 0.05) is 19.2 Å². The first-order chi connectivity index (χ1) is 12.4. The van der Waals surface area contributed by atoms with Crippen LogP contribution in [0.15, 0.2) is 47.3 Å². The number of aliphatic carboxylic acids is 1. The van der Waals surface area contributed by atoms with Crippen LogP contribution in [-0.2, 0) is 11.3 Å². The standard InChI is InChI=1S/C19H21N3O4/c1-13-9-15(19(25)26)12-21(10-13)18(24)16-7-8-17(23)22(20-16)11-14-5-3-2-4-6-14/h2-8,13,15H,9-12H2,1H3,(H,25,26). The van der Waals surface area contributed by atoms with Gasteiger partial charge in [-0.25, -0.2) is 4.68 Å². The van der Waals surface area contributed by atoms with E-state index in [1.807, 2.05) is 37.3 Å². The number of likely N-dealkylation sites (tertiary alicyclic amines) is 1. The minimum Gasteiger partial charge on any atom is -0.481 e. The molecule has 0 radical (unpaired) electrons. The number of amides is 1. The Bertz CT molecular complexity index is 863. The van der Waals surface area contributed by atoms with Crippen LogP contribution >= 0.6 is 0 Å². The Balaban J connectivity index is 1.82. The van der Waals surface area contributed by atoms with Crippen molar-refractivity contribution in [1.82, 2.24) is 14.7 Å². The zero-order valence-electron chi connectivity index (χ0n) is 14.5. The quantitative estimate of drug-likeness (QED) is 0.897. The molecule has 1 aliphatic heterocycles. The molecule has 2 heterocycles. The molecular formula is C19H21N3O4. The summed E-state index contributed by atoms with van der Waals surface area (Å²) in [7, 11) is 0. The molecule has 7 heteroatoms. The van der Waals surface area contributed by atoms with Crippen LogP contribution in [0.4, 0.5) is 0 Å². The fraction of sp³-hybridized carbons (Fsp3) is 0.368. The third-order valence-electron chi connectivity index (χ3n) is 4.56. The first kappa shape index (κ1) is 17.8. The number of carboxylic acids is 1.